The summed E-state index contributed by atoms with van der Waals surface area (Å²) in [6, 6.07) is 0.419. The van der Waals surface area contributed by atoms with Crippen LogP contribution in [-0.4, -0.2) is 36.0 Å². The summed E-state index contributed by atoms with van der Waals surface area (Å²) in [5.41, 5.74) is 0. The van der Waals surface area contributed by atoms with Crippen LogP contribution in [0.1, 0.15) is 45.4 Å². The SMILES string of the molecule is CC1CCCCN1C(=O)C1CCCC[N]1. The highest BCUT2D eigenvalue weighted by molar-refractivity contribution is 5.82. The van der Waals surface area contributed by atoms with Crippen molar-refractivity contribution < 1.29 is 4.79 Å². The van der Waals surface area contributed by atoms with Crippen molar-refractivity contribution in [2.75, 3.05) is 13.1 Å². The van der Waals surface area contributed by atoms with Gasteiger partial charge in [-0.15, -0.1) is 0 Å². The van der Waals surface area contributed by atoms with Crippen LogP contribution >= 0.6 is 0 Å². The van der Waals surface area contributed by atoms with E-state index >= 15 is 0 Å². The van der Waals surface area contributed by atoms with Crippen molar-refractivity contribution in [2.45, 2.75) is 57.5 Å². The Bertz CT molecular complexity index is 224. The molecule has 2 unspecified atom stereocenters. The van der Waals surface area contributed by atoms with Gasteiger partial charge in [0.15, 0.2) is 0 Å². The number of amides is 1. The first-order valence-corrected chi connectivity index (χ1v) is 6.26. The molecule has 2 heterocycles. The van der Waals surface area contributed by atoms with E-state index in [1.807, 2.05) is 0 Å². The van der Waals surface area contributed by atoms with Gasteiger partial charge in [-0.25, -0.2) is 5.32 Å². The minimum Gasteiger partial charge on any atom is -0.339 e. The predicted molar refractivity (Wildman–Crippen MR) is 59.7 cm³/mol. The molecule has 0 N–H and O–H groups in total. The number of hydrogen-bond donors (Lipinski definition) is 0. The van der Waals surface area contributed by atoms with Crippen molar-refractivity contribution in [1.82, 2.24) is 10.2 Å². The van der Waals surface area contributed by atoms with Crippen molar-refractivity contribution in [3.05, 3.63) is 0 Å². The molecule has 0 aromatic heterocycles. The topological polar surface area (TPSA) is 34.4 Å². The molecule has 3 heteroatoms. The second kappa shape index (κ2) is 4.97. The molecule has 0 aromatic rings. The molecular weight excluding hydrogens is 188 g/mol. The van der Waals surface area contributed by atoms with Crippen molar-refractivity contribution in [3.8, 4) is 0 Å². The summed E-state index contributed by atoms with van der Waals surface area (Å²) in [5.74, 6) is 0.293. The summed E-state index contributed by atoms with van der Waals surface area (Å²) in [7, 11) is 0. The largest absolute Gasteiger partial charge is 0.339 e. The Morgan fingerprint density at radius 3 is 2.67 bits per heavy atom. The molecule has 2 aliphatic heterocycles. The summed E-state index contributed by atoms with van der Waals surface area (Å²) >= 11 is 0. The number of carbonyl (C=O) groups excluding carboxylic acids is 1. The maximum absolute atomic E-state index is 12.2. The minimum absolute atomic E-state index is 0.0145. The van der Waals surface area contributed by atoms with Crippen molar-refractivity contribution in [3.63, 3.8) is 0 Å². The molecule has 15 heavy (non-hydrogen) atoms. The fourth-order valence-electron chi connectivity index (χ4n) is 2.61. The molecule has 2 rings (SSSR count). The Kier molecular flexibility index (Phi) is 3.62. The number of carbonyl (C=O) groups is 1. The normalized spacial score (nSPS) is 32.7. The number of hydrogen-bond acceptors (Lipinski definition) is 1. The van der Waals surface area contributed by atoms with Gasteiger partial charge in [0.2, 0.25) is 5.91 Å². The van der Waals surface area contributed by atoms with Crippen LogP contribution in [0, 0.1) is 0 Å². The fourth-order valence-corrected chi connectivity index (χ4v) is 2.61. The lowest BCUT2D eigenvalue weighted by Gasteiger charge is -2.36. The number of likely N-dealkylation sites (tertiary alicyclic amines) is 1. The van der Waals surface area contributed by atoms with E-state index in [4.69, 9.17) is 0 Å². The average Bonchev–Trinajstić information content (AvgIpc) is 2.30. The van der Waals surface area contributed by atoms with Crippen LogP contribution < -0.4 is 5.32 Å². The highest BCUT2D eigenvalue weighted by Gasteiger charge is 2.30. The monoisotopic (exact) mass is 209 g/mol. The van der Waals surface area contributed by atoms with Gasteiger partial charge in [-0.3, -0.25) is 4.79 Å². The van der Waals surface area contributed by atoms with Crippen molar-refractivity contribution in [1.29, 1.82) is 0 Å². The van der Waals surface area contributed by atoms with Gasteiger partial charge < -0.3 is 4.90 Å². The lowest BCUT2D eigenvalue weighted by molar-refractivity contribution is -0.137. The van der Waals surface area contributed by atoms with E-state index in [1.54, 1.807) is 0 Å². The molecule has 85 valence electrons. The Morgan fingerprint density at radius 2 is 2.00 bits per heavy atom. The Morgan fingerprint density at radius 1 is 1.20 bits per heavy atom. The molecule has 2 atom stereocenters. The summed E-state index contributed by atoms with van der Waals surface area (Å²) in [5, 5.41) is 4.45. The molecule has 0 spiro atoms. The van der Waals surface area contributed by atoms with Gasteiger partial charge in [0.05, 0.1) is 0 Å². The average molecular weight is 209 g/mol. The molecule has 0 bridgehead atoms. The Labute approximate surface area is 92.2 Å². The van der Waals surface area contributed by atoms with Gasteiger partial charge >= 0.3 is 0 Å². The number of nitrogens with zero attached hydrogens (tertiary/aromatic N) is 2. The van der Waals surface area contributed by atoms with Gasteiger partial charge in [0.25, 0.3) is 0 Å². The zero-order chi connectivity index (χ0) is 10.7. The molecule has 0 saturated carbocycles. The van der Waals surface area contributed by atoms with Gasteiger partial charge in [-0.1, -0.05) is 0 Å². The van der Waals surface area contributed by atoms with Crippen molar-refractivity contribution >= 4 is 5.91 Å². The van der Waals surface area contributed by atoms with Gasteiger partial charge in [-0.2, -0.15) is 0 Å². The van der Waals surface area contributed by atoms with E-state index in [-0.39, 0.29) is 6.04 Å². The molecule has 0 aliphatic carbocycles. The zero-order valence-corrected chi connectivity index (χ0v) is 9.61. The van der Waals surface area contributed by atoms with Gasteiger partial charge in [-0.05, 0) is 45.4 Å². The first kappa shape index (κ1) is 10.9. The van der Waals surface area contributed by atoms with E-state index in [0.29, 0.717) is 11.9 Å². The molecule has 1 amide bonds. The quantitative estimate of drug-likeness (QED) is 0.645. The smallest absolute Gasteiger partial charge is 0.241 e. The van der Waals surface area contributed by atoms with Crippen LogP contribution in [0.2, 0.25) is 0 Å². The molecule has 2 fully saturated rings. The summed E-state index contributed by atoms with van der Waals surface area (Å²) in [4.78, 5) is 14.3. The first-order valence-electron chi connectivity index (χ1n) is 6.26. The van der Waals surface area contributed by atoms with Crippen LogP contribution in [-0.2, 0) is 4.79 Å². The predicted octanol–water partition coefficient (Wildman–Crippen LogP) is 1.54. The van der Waals surface area contributed by atoms with Crippen LogP contribution in [0.4, 0.5) is 0 Å². The third-order valence-corrected chi connectivity index (χ3v) is 3.61. The van der Waals surface area contributed by atoms with Gasteiger partial charge in [0, 0.05) is 19.1 Å². The van der Waals surface area contributed by atoms with E-state index in [9.17, 15) is 4.79 Å². The first-order chi connectivity index (χ1) is 7.29. The zero-order valence-electron chi connectivity index (χ0n) is 9.61. The lowest BCUT2D eigenvalue weighted by Crippen LogP contribution is -2.50. The molecular formula is C12H21N2O. The summed E-state index contributed by atoms with van der Waals surface area (Å²) < 4.78 is 0. The third kappa shape index (κ3) is 2.51. The highest BCUT2D eigenvalue weighted by Crippen LogP contribution is 2.20. The summed E-state index contributed by atoms with van der Waals surface area (Å²) in [6.07, 6.45) is 6.91. The van der Waals surface area contributed by atoms with E-state index in [0.717, 1.165) is 19.5 Å². The van der Waals surface area contributed by atoms with E-state index in [2.05, 4.69) is 17.1 Å². The van der Waals surface area contributed by atoms with Crippen molar-refractivity contribution in [2.24, 2.45) is 0 Å². The maximum Gasteiger partial charge on any atom is 0.241 e. The second-order valence-corrected chi connectivity index (χ2v) is 4.79. The van der Waals surface area contributed by atoms with Crippen LogP contribution in [0.25, 0.3) is 0 Å². The van der Waals surface area contributed by atoms with E-state index < -0.39 is 0 Å². The second-order valence-electron chi connectivity index (χ2n) is 4.79. The fraction of sp³-hybridized carbons (Fsp3) is 0.917. The molecule has 2 saturated heterocycles. The molecule has 0 aromatic carbocycles. The summed E-state index contributed by atoms with van der Waals surface area (Å²) in [6.45, 7) is 4.00. The van der Waals surface area contributed by atoms with Crippen LogP contribution in [0.5, 0.6) is 0 Å². The lowest BCUT2D eigenvalue weighted by atomic mass is 9.99. The highest BCUT2D eigenvalue weighted by atomic mass is 16.2. The molecule has 3 nitrogen and oxygen atoms in total. The van der Waals surface area contributed by atoms with Crippen LogP contribution in [0.15, 0.2) is 0 Å². The molecule has 1 radical (unpaired) electrons. The Balaban J connectivity index is 1.92. The van der Waals surface area contributed by atoms with Gasteiger partial charge in [0.1, 0.15) is 6.04 Å². The van der Waals surface area contributed by atoms with E-state index in [1.165, 1.54) is 32.1 Å². The maximum atomic E-state index is 12.2. The van der Waals surface area contributed by atoms with Crippen LogP contribution in [0.3, 0.4) is 0 Å². The minimum atomic E-state index is -0.0145. The third-order valence-electron chi connectivity index (χ3n) is 3.61. The number of piperidine rings is 2. The Hall–Kier alpha value is -0.570. The standard InChI is InChI=1S/C12H21N2O/c1-10-6-3-5-9-14(10)12(15)11-7-2-4-8-13-11/h10-11H,2-9H2,1H3. The molecule has 2 aliphatic rings. The number of rotatable bonds is 1.